The van der Waals surface area contributed by atoms with Crippen LogP contribution in [0, 0.1) is 83.5 Å². The molecule has 0 aromatic rings. The van der Waals surface area contributed by atoms with Crippen molar-refractivity contribution in [3.63, 3.8) is 0 Å². The summed E-state index contributed by atoms with van der Waals surface area (Å²) in [6.45, 7) is 23.9. The molecule has 6 aliphatic carbocycles. The number of terminal acetylenes is 1. The highest BCUT2D eigenvalue weighted by molar-refractivity contribution is 6.00. The summed E-state index contributed by atoms with van der Waals surface area (Å²) in [6, 6.07) is 0.667. The van der Waals surface area contributed by atoms with Crippen LogP contribution in [0.15, 0.2) is 47.6 Å². The summed E-state index contributed by atoms with van der Waals surface area (Å²) in [5, 5.41) is 0. The van der Waals surface area contributed by atoms with Crippen molar-refractivity contribution in [3.8, 4) is 12.5 Å². The number of esters is 2. The summed E-state index contributed by atoms with van der Waals surface area (Å²) < 4.78 is 101. The van der Waals surface area contributed by atoms with E-state index in [-0.39, 0.29) is 178 Å². The number of likely N-dealkylation sites (N-methyl/N-ethyl adjacent to an activating group) is 2. The third-order valence-electron chi connectivity index (χ3n) is 27.7. The minimum Gasteiger partial charge on any atom is -0.462 e. The molecular formula is C90H146N2O20. The third kappa shape index (κ3) is 21.0. The number of rotatable bonds is 24. The first kappa shape index (κ1) is 88.8. The van der Waals surface area contributed by atoms with E-state index in [0.29, 0.717) is 56.6 Å². The van der Waals surface area contributed by atoms with Crippen LogP contribution < -0.4 is 0 Å². The summed E-state index contributed by atoms with van der Waals surface area (Å²) in [5.74, 6) is 0.477. The quantitative estimate of drug-likeness (QED) is 0.0498. The number of hydrogen-bond acceptors (Lipinski definition) is 22. The van der Waals surface area contributed by atoms with Crippen LogP contribution in [0.4, 0.5) is 0 Å². The molecule has 12 aliphatic rings. The Hall–Kier alpha value is -4.00. The minimum atomic E-state index is -0.667. The molecule has 34 atom stereocenters. The number of hydrogen-bond donors (Lipinski definition) is 0. The number of ether oxygens (including phenoxy) is 16. The van der Waals surface area contributed by atoms with Crippen LogP contribution in [0.2, 0.25) is 0 Å². The third-order valence-corrected chi connectivity index (χ3v) is 27.7. The maximum atomic E-state index is 14.8. The average molecular weight is 1580 g/mol. The molecule has 12 unspecified atom stereocenters. The Morgan fingerprint density at radius 3 is 1.62 bits per heavy atom. The summed E-state index contributed by atoms with van der Waals surface area (Å²) in [7, 11) is 11.7. The van der Waals surface area contributed by atoms with E-state index in [1.807, 2.05) is 54.5 Å². The van der Waals surface area contributed by atoms with Crippen molar-refractivity contribution in [2.45, 2.75) is 352 Å². The van der Waals surface area contributed by atoms with E-state index >= 15 is 0 Å². The topological polar surface area (TPSA) is 222 Å². The van der Waals surface area contributed by atoms with Crippen molar-refractivity contribution in [2.75, 3.05) is 62.2 Å². The Morgan fingerprint density at radius 2 is 1.06 bits per heavy atom. The van der Waals surface area contributed by atoms with Crippen molar-refractivity contribution in [2.24, 2.45) is 71.0 Å². The van der Waals surface area contributed by atoms with Gasteiger partial charge >= 0.3 is 11.9 Å². The molecule has 0 radical (unpaired) electrons. The number of fused-ring (bicyclic) bond motifs is 10. The SMILES string of the molecule is C#CO[C@@H]1[C@@H](OCC)[C@@H](OC)[C@H](O[C@@H]2CC3C=CC4C5CC(=O)O[C@@H](/C=C/CC)CCC[C@H](OC6CC[C@H](N(C)C)[C@@H](C)O6)[C@@H](C)C(=O)C5=CC4C3C2)O[C@H]1C.CCCC[C@H]1CCC[C@H](OC2CC[C@H](N(C)C)[C@@H](C)O2)[C@@H](C)C(=O)C2=CC3C4C[C@@H](O[C@@H]5O[C@@H](C)[C@H](OCC)[C@@H](OCC)[C@H]5OC)CC4CCC3C2CC(=O)O1.[HH].[HH]. The second-order valence-corrected chi connectivity index (χ2v) is 35.1. The van der Waals surface area contributed by atoms with Crippen molar-refractivity contribution in [1.29, 1.82) is 0 Å². The average Bonchev–Trinajstić information content (AvgIpc) is 1.60. The molecule has 636 valence electrons. The highest BCUT2D eigenvalue weighted by Gasteiger charge is 2.57. The normalized spacial score (nSPS) is 43.4. The standard InChI is InChI=1S/C45H75NO10.C45H67NO10.2H2/c2*1-10-13-15-30-16-14-17-38(56-40-21-20-37(46(7)8)27(5)52-40)26(4)41(48)36-24-34-32(35(36)25-39(47)54-30)19-18-29-22-31(23-33(29)34)55-45-44(49-9)43(51-12-3)42(50-11-2)28(6)53-45;;/h24,26-35,37-38,40,42-45H,10-23,25H2,1-9H3;2,13,15,18-19,24,26-35,37-38,40,42-45H,10,12,14,16-17,20-23,25H2,1,3-9H3;2*1H/b;15-13+;;/t26-,27-,28+,29?,30+,31+,32?,33?,34?,35?,37+,38+,40?,42+,43-,44-,45+;26-,27-,28+,29?,30+,31-,32?,33?,34?,35?,37+,38+,40?,42+,43-,44-,45+;;/m11../s1. The number of Topliss-reactive ketones (excluding diaryl/α,β-unsaturated/α-hetero) is 2. The van der Waals surface area contributed by atoms with Crippen molar-refractivity contribution < 1.29 is 97.8 Å². The van der Waals surface area contributed by atoms with Gasteiger partial charge in [0, 0.05) is 72.6 Å². The van der Waals surface area contributed by atoms with E-state index < -0.39 is 42.9 Å². The fourth-order valence-corrected chi connectivity index (χ4v) is 22.0. The van der Waals surface area contributed by atoms with E-state index in [4.69, 9.17) is 82.2 Å². The van der Waals surface area contributed by atoms with Crippen molar-refractivity contribution in [3.05, 3.63) is 47.6 Å². The van der Waals surface area contributed by atoms with Crippen molar-refractivity contribution >= 4 is 23.5 Å². The summed E-state index contributed by atoms with van der Waals surface area (Å²) in [5.41, 5.74) is 1.56. The van der Waals surface area contributed by atoms with E-state index in [1.54, 1.807) is 14.2 Å². The molecule has 0 bridgehead atoms. The lowest BCUT2D eigenvalue weighted by molar-refractivity contribution is -0.319. The number of methoxy groups -OCH3 is 2. The monoisotopic (exact) mass is 1580 g/mol. The van der Waals surface area contributed by atoms with Gasteiger partial charge in [0.25, 0.3) is 0 Å². The van der Waals surface area contributed by atoms with Crippen LogP contribution in [-0.2, 0) is 95.0 Å². The molecule has 6 aliphatic heterocycles. The second kappa shape index (κ2) is 41.6. The summed E-state index contributed by atoms with van der Waals surface area (Å²) in [4.78, 5) is 61.5. The lowest BCUT2D eigenvalue weighted by atomic mass is 9.66. The first-order chi connectivity index (χ1) is 53.9. The number of nitrogens with zero attached hydrogens (tertiary/aromatic N) is 2. The van der Waals surface area contributed by atoms with E-state index in [9.17, 15) is 19.2 Å². The maximum Gasteiger partial charge on any atom is 0.307 e. The molecule has 22 heteroatoms. The molecule has 0 aromatic carbocycles. The van der Waals surface area contributed by atoms with Crippen LogP contribution >= 0.6 is 0 Å². The van der Waals surface area contributed by atoms with E-state index in [2.05, 4.69) is 102 Å². The van der Waals surface area contributed by atoms with Gasteiger partial charge in [-0.3, -0.25) is 19.2 Å². The van der Waals surface area contributed by atoms with Crippen LogP contribution in [0.3, 0.4) is 0 Å². The van der Waals surface area contributed by atoms with Gasteiger partial charge in [-0.15, -0.1) is 0 Å². The van der Waals surface area contributed by atoms with Gasteiger partial charge in [0.2, 0.25) is 0 Å². The number of allylic oxidation sites excluding steroid dienone is 7. The Labute approximate surface area is 673 Å². The molecule has 22 nitrogen and oxygen atoms in total. The molecule has 0 spiro atoms. The number of carbonyl (C=O) groups excluding carboxylic acids is 4. The van der Waals surface area contributed by atoms with Gasteiger partial charge in [-0.1, -0.05) is 77.3 Å². The van der Waals surface area contributed by atoms with E-state index in [0.717, 1.165) is 127 Å². The molecule has 0 N–H and O–H groups in total. The minimum absolute atomic E-state index is 0. The molecule has 6 saturated heterocycles. The van der Waals surface area contributed by atoms with Gasteiger partial charge in [0.05, 0.1) is 61.7 Å². The predicted octanol–water partition coefficient (Wildman–Crippen LogP) is 14.2. The largest absolute Gasteiger partial charge is 0.462 e. The molecular weight excluding hydrogens is 1430 g/mol. The van der Waals surface area contributed by atoms with Crippen LogP contribution in [0.5, 0.6) is 0 Å². The number of ketones is 2. The predicted molar refractivity (Wildman–Crippen MR) is 428 cm³/mol. The Kier molecular flexibility index (Phi) is 33.0. The molecule has 112 heavy (non-hydrogen) atoms. The summed E-state index contributed by atoms with van der Waals surface area (Å²) >= 11 is 0. The zero-order chi connectivity index (χ0) is 80.2. The lowest BCUT2D eigenvalue weighted by Crippen LogP contribution is -2.60. The van der Waals surface area contributed by atoms with Crippen LogP contribution in [0.1, 0.15) is 220 Å². The van der Waals surface area contributed by atoms with Crippen molar-refractivity contribution in [1.82, 2.24) is 9.80 Å². The highest BCUT2D eigenvalue weighted by atomic mass is 16.7. The van der Waals surface area contributed by atoms with Crippen LogP contribution in [-0.4, -0.2) is 230 Å². The smallest absolute Gasteiger partial charge is 0.307 e. The number of unbranched alkanes of at least 4 members (excludes halogenated alkanes) is 1. The molecule has 9 fully saturated rings. The van der Waals surface area contributed by atoms with Gasteiger partial charge in [0.15, 0.2) is 42.8 Å². The van der Waals surface area contributed by atoms with Gasteiger partial charge in [-0.25, -0.2) is 0 Å². The van der Waals surface area contributed by atoms with Gasteiger partial charge in [0.1, 0.15) is 48.8 Å². The zero-order valence-corrected chi connectivity index (χ0v) is 70.9. The molecule has 12 rings (SSSR count). The van der Waals surface area contributed by atoms with Gasteiger partial charge in [-0.2, -0.15) is 0 Å². The second-order valence-electron chi connectivity index (χ2n) is 35.1. The Morgan fingerprint density at radius 1 is 0.527 bits per heavy atom. The highest BCUT2D eigenvalue weighted by Crippen LogP contribution is 2.58. The van der Waals surface area contributed by atoms with Gasteiger partial charge < -0.3 is 85.6 Å². The lowest BCUT2D eigenvalue weighted by Gasteiger charge is -2.45. The number of carbonyl (C=O) groups is 4. The molecule has 0 amide bonds. The maximum absolute atomic E-state index is 14.8. The fraction of sp³-hybridized carbons (Fsp3) is 0.844. The number of cyclic esters (lactones) is 2. The van der Waals surface area contributed by atoms with E-state index in [1.165, 1.54) is 0 Å². The molecule has 0 aromatic heterocycles. The fourth-order valence-electron chi connectivity index (χ4n) is 22.0. The van der Waals surface area contributed by atoms with Crippen LogP contribution in [0.25, 0.3) is 0 Å². The molecule has 6 heterocycles. The first-order valence-electron chi connectivity index (χ1n) is 43.8. The zero-order valence-electron chi connectivity index (χ0n) is 70.9. The Bertz CT molecular complexity index is 3200. The molecule has 3 saturated carbocycles. The summed E-state index contributed by atoms with van der Waals surface area (Å²) in [6.07, 6.45) is 32.6. The van der Waals surface area contributed by atoms with Gasteiger partial charge in [-0.05, 0) is 257 Å². The Balaban J connectivity index is 0.000000257. The first-order valence-corrected chi connectivity index (χ1v) is 43.8.